The average Bonchev–Trinajstić information content (AvgIpc) is 3.26. The quantitative estimate of drug-likeness (QED) is 0.434. The number of benzene rings is 2. The molecule has 0 fully saturated rings. The van der Waals surface area contributed by atoms with Crippen LogP contribution in [0.1, 0.15) is 5.56 Å². The van der Waals surface area contributed by atoms with Crippen LogP contribution in [0.2, 0.25) is 5.02 Å². The Hall–Kier alpha value is -3.42. The predicted molar refractivity (Wildman–Crippen MR) is 131 cm³/mol. The number of amides is 1. The highest BCUT2D eigenvalue weighted by molar-refractivity contribution is 6.31. The van der Waals surface area contributed by atoms with Gasteiger partial charge >= 0.3 is 0 Å². The number of nitrogens with one attached hydrogen (secondary N) is 1. The van der Waals surface area contributed by atoms with Gasteiger partial charge in [-0.05, 0) is 56.9 Å². The van der Waals surface area contributed by atoms with Crippen molar-refractivity contribution >= 4 is 51.3 Å². The van der Waals surface area contributed by atoms with Crippen molar-refractivity contribution in [2.24, 2.45) is 0 Å². The summed E-state index contributed by atoms with van der Waals surface area (Å²) in [4.78, 5) is 25.3. The van der Waals surface area contributed by atoms with E-state index >= 15 is 0 Å². The molecule has 0 unspecified atom stereocenters. The predicted octanol–water partition coefficient (Wildman–Crippen LogP) is 4.67. The van der Waals surface area contributed by atoms with Gasteiger partial charge in [0.1, 0.15) is 5.52 Å². The summed E-state index contributed by atoms with van der Waals surface area (Å²) >= 11 is 6.27. The summed E-state index contributed by atoms with van der Waals surface area (Å²) < 4.78 is 1.97. The molecule has 0 aliphatic rings. The molecule has 0 spiro atoms. The van der Waals surface area contributed by atoms with Gasteiger partial charge in [0.25, 0.3) is 0 Å². The second-order valence-electron chi connectivity index (χ2n) is 7.88. The van der Waals surface area contributed by atoms with E-state index in [0.717, 1.165) is 33.5 Å². The lowest BCUT2D eigenvalue weighted by Gasteiger charge is -2.17. The van der Waals surface area contributed by atoms with Crippen molar-refractivity contribution in [3.63, 3.8) is 0 Å². The van der Waals surface area contributed by atoms with Gasteiger partial charge in [-0.3, -0.25) is 9.20 Å². The molecule has 2 heterocycles. The third kappa shape index (κ3) is 4.30. The van der Waals surface area contributed by atoms with Gasteiger partial charge in [-0.2, -0.15) is 0 Å². The molecule has 7 nitrogen and oxygen atoms in total. The summed E-state index contributed by atoms with van der Waals surface area (Å²) in [6.07, 6.45) is 6.96. The van der Waals surface area contributed by atoms with E-state index in [0.29, 0.717) is 17.4 Å². The summed E-state index contributed by atoms with van der Waals surface area (Å²) in [5, 5.41) is 4.08. The standard InChI is InChI=1S/C24H25ClN6O/c1-16-18(25)7-5-8-19(16)27-24-22-14-26-15-31(22)21-13-17(10-11-20(21)28-24)30(4)23(32)9-6-12-29(2)3/h5-11,13-15H,12H2,1-4H3,(H,27,28). The van der Waals surface area contributed by atoms with Crippen molar-refractivity contribution in [1.82, 2.24) is 19.3 Å². The van der Waals surface area contributed by atoms with Crippen LogP contribution in [0.25, 0.3) is 16.6 Å². The molecule has 0 bridgehead atoms. The van der Waals surface area contributed by atoms with Crippen molar-refractivity contribution in [3.8, 4) is 0 Å². The molecule has 2 aromatic carbocycles. The number of imidazole rings is 1. The first-order valence-electron chi connectivity index (χ1n) is 10.2. The SMILES string of the molecule is Cc1c(Cl)cccc1Nc1nc2ccc(N(C)C(=O)C=CCN(C)C)cc2n2cncc12. The molecule has 8 heteroatoms. The number of hydrogen-bond donors (Lipinski definition) is 1. The Kier molecular flexibility index (Phi) is 6.12. The van der Waals surface area contributed by atoms with Crippen LogP contribution in [-0.4, -0.2) is 52.9 Å². The molecule has 4 rings (SSSR count). The van der Waals surface area contributed by atoms with Crippen LogP contribution in [0.5, 0.6) is 0 Å². The minimum atomic E-state index is -0.0873. The number of carbonyl (C=O) groups excluding carboxylic acids is 1. The summed E-state index contributed by atoms with van der Waals surface area (Å²) in [5.41, 5.74) is 5.09. The Morgan fingerprint density at radius 1 is 1.19 bits per heavy atom. The van der Waals surface area contributed by atoms with E-state index in [9.17, 15) is 4.79 Å². The number of halogens is 1. The molecular formula is C24H25ClN6O. The van der Waals surface area contributed by atoms with Crippen molar-refractivity contribution in [3.05, 3.63) is 71.7 Å². The lowest BCUT2D eigenvalue weighted by Crippen LogP contribution is -2.24. The lowest BCUT2D eigenvalue weighted by molar-refractivity contribution is -0.113. The number of rotatable bonds is 6. The van der Waals surface area contributed by atoms with E-state index in [1.54, 1.807) is 30.5 Å². The van der Waals surface area contributed by atoms with Gasteiger partial charge < -0.3 is 15.1 Å². The smallest absolute Gasteiger partial charge is 0.250 e. The number of likely N-dealkylation sites (N-methyl/N-ethyl adjacent to an activating group) is 2. The van der Waals surface area contributed by atoms with Gasteiger partial charge in [-0.1, -0.05) is 23.7 Å². The molecule has 4 aromatic rings. The number of nitrogens with zero attached hydrogens (tertiary/aromatic N) is 5. The van der Waals surface area contributed by atoms with Gasteiger partial charge in [0.2, 0.25) is 5.91 Å². The van der Waals surface area contributed by atoms with Gasteiger partial charge in [0.05, 0.1) is 23.6 Å². The topological polar surface area (TPSA) is 65.8 Å². The van der Waals surface area contributed by atoms with Gasteiger partial charge in [-0.25, -0.2) is 9.97 Å². The van der Waals surface area contributed by atoms with Crippen LogP contribution in [0, 0.1) is 6.92 Å². The molecule has 1 amide bonds. The van der Waals surface area contributed by atoms with E-state index < -0.39 is 0 Å². The third-order valence-electron chi connectivity index (χ3n) is 5.30. The minimum absolute atomic E-state index is 0.0873. The normalized spacial score (nSPS) is 11.7. The van der Waals surface area contributed by atoms with E-state index in [2.05, 4.69) is 10.3 Å². The Morgan fingerprint density at radius 2 is 2.00 bits per heavy atom. The number of fused-ring (bicyclic) bond motifs is 3. The first kappa shape index (κ1) is 21.8. The van der Waals surface area contributed by atoms with Crippen molar-refractivity contribution in [2.45, 2.75) is 6.92 Å². The summed E-state index contributed by atoms with van der Waals surface area (Å²) in [6, 6.07) is 11.5. The zero-order valence-corrected chi connectivity index (χ0v) is 19.3. The largest absolute Gasteiger partial charge is 0.338 e. The van der Waals surface area contributed by atoms with Crippen molar-refractivity contribution in [2.75, 3.05) is 37.9 Å². The van der Waals surface area contributed by atoms with Crippen LogP contribution in [-0.2, 0) is 4.79 Å². The van der Waals surface area contributed by atoms with Gasteiger partial charge in [-0.15, -0.1) is 0 Å². The maximum atomic E-state index is 12.6. The fraction of sp³-hybridized carbons (Fsp3) is 0.208. The molecule has 32 heavy (non-hydrogen) atoms. The third-order valence-corrected chi connectivity index (χ3v) is 5.71. The van der Waals surface area contributed by atoms with Crippen LogP contribution < -0.4 is 10.2 Å². The highest BCUT2D eigenvalue weighted by atomic mass is 35.5. The fourth-order valence-corrected chi connectivity index (χ4v) is 3.59. The first-order valence-corrected chi connectivity index (χ1v) is 10.6. The zero-order chi connectivity index (χ0) is 22.8. The molecule has 0 atom stereocenters. The molecule has 0 radical (unpaired) electrons. The van der Waals surface area contributed by atoms with Crippen molar-refractivity contribution in [1.29, 1.82) is 0 Å². The molecule has 164 valence electrons. The number of anilines is 3. The monoisotopic (exact) mass is 448 g/mol. The number of aromatic nitrogens is 3. The fourth-order valence-electron chi connectivity index (χ4n) is 3.41. The highest BCUT2D eigenvalue weighted by Crippen LogP contribution is 2.30. The molecule has 0 saturated heterocycles. The number of hydrogen-bond acceptors (Lipinski definition) is 5. The summed E-state index contributed by atoms with van der Waals surface area (Å²) in [7, 11) is 5.68. The Labute approximate surface area is 191 Å². The second-order valence-corrected chi connectivity index (χ2v) is 8.29. The number of carbonyl (C=O) groups is 1. The average molecular weight is 449 g/mol. The molecule has 0 aliphatic carbocycles. The Morgan fingerprint density at radius 3 is 2.78 bits per heavy atom. The molecule has 0 saturated carbocycles. The maximum absolute atomic E-state index is 12.6. The van der Waals surface area contributed by atoms with Crippen LogP contribution >= 0.6 is 11.6 Å². The van der Waals surface area contributed by atoms with E-state index in [-0.39, 0.29) is 5.91 Å². The van der Waals surface area contributed by atoms with E-state index in [4.69, 9.17) is 16.6 Å². The van der Waals surface area contributed by atoms with E-state index in [1.165, 1.54) is 0 Å². The summed E-state index contributed by atoms with van der Waals surface area (Å²) in [5.74, 6) is 0.597. The Balaban J connectivity index is 1.71. The second kappa shape index (κ2) is 8.98. The highest BCUT2D eigenvalue weighted by Gasteiger charge is 2.14. The maximum Gasteiger partial charge on any atom is 0.250 e. The Bertz CT molecular complexity index is 1330. The lowest BCUT2D eigenvalue weighted by atomic mass is 10.2. The van der Waals surface area contributed by atoms with Crippen molar-refractivity contribution < 1.29 is 4.79 Å². The van der Waals surface area contributed by atoms with E-state index in [1.807, 2.05) is 72.8 Å². The molecule has 0 aliphatic heterocycles. The van der Waals surface area contributed by atoms with Crippen LogP contribution in [0.4, 0.5) is 17.2 Å². The van der Waals surface area contributed by atoms with Gasteiger partial charge in [0.15, 0.2) is 5.82 Å². The molecule has 1 N–H and O–H groups in total. The summed E-state index contributed by atoms with van der Waals surface area (Å²) in [6.45, 7) is 2.67. The molecular weight excluding hydrogens is 424 g/mol. The zero-order valence-electron chi connectivity index (χ0n) is 18.5. The van der Waals surface area contributed by atoms with Crippen LogP contribution in [0.15, 0.2) is 61.1 Å². The van der Waals surface area contributed by atoms with Crippen LogP contribution in [0.3, 0.4) is 0 Å². The minimum Gasteiger partial charge on any atom is -0.338 e. The van der Waals surface area contributed by atoms with Gasteiger partial charge in [0, 0.05) is 36.1 Å². The molecule has 2 aromatic heterocycles. The first-order chi connectivity index (χ1) is 15.3.